The van der Waals surface area contributed by atoms with Crippen LogP contribution in [0.25, 0.3) is 27.5 Å². The van der Waals surface area contributed by atoms with E-state index in [1.54, 1.807) is 10.9 Å². The van der Waals surface area contributed by atoms with E-state index in [1.165, 1.54) is 35.4 Å². The van der Waals surface area contributed by atoms with E-state index in [0.29, 0.717) is 16.3 Å². The first-order valence-corrected chi connectivity index (χ1v) is 13.0. The molecule has 11 heteroatoms. The minimum absolute atomic E-state index is 0.303. The zero-order valence-electron chi connectivity index (χ0n) is 21.7. The number of anilines is 1. The van der Waals surface area contributed by atoms with Gasteiger partial charge in [0.1, 0.15) is 11.3 Å². The molecule has 0 saturated heterocycles. The molecule has 0 aliphatic carbocycles. The summed E-state index contributed by atoms with van der Waals surface area (Å²) in [6, 6.07) is 21.3. The molecule has 0 radical (unpaired) electrons. The minimum atomic E-state index is -4.75. The number of ether oxygens (including phenoxy) is 1. The van der Waals surface area contributed by atoms with Crippen molar-refractivity contribution in [2.45, 2.75) is 33.1 Å². The van der Waals surface area contributed by atoms with Gasteiger partial charge in [0, 0.05) is 11.1 Å². The van der Waals surface area contributed by atoms with Crippen LogP contribution in [0, 0.1) is 0 Å². The largest absolute Gasteiger partial charge is 0.573 e. The minimum Gasteiger partial charge on any atom is -0.406 e. The number of rotatable bonds is 7. The number of nitrogens with zero attached hydrogens (tertiary/aromatic N) is 4. The second kappa shape index (κ2) is 11.3. The summed E-state index contributed by atoms with van der Waals surface area (Å²) in [6.07, 6.45) is -1.28. The second-order valence-electron chi connectivity index (χ2n) is 8.94. The SMILES string of the molecule is CCc1cccc(CC)c1NC(=S)NN=Cc1ccc2c(ccc3c2nnn3-c2ccc(OC(F)(F)F)cc2)c1. The lowest BCUT2D eigenvalue weighted by molar-refractivity contribution is -0.274. The van der Waals surface area contributed by atoms with Crippen LogP contribution in [-0.4, -0.2) is 32.7 Å². The molecule has 5 rings (SSSR count). The normalized spacial score (nSPS) is 11.8. The van der Waals surface area contributed by atoms with Gasteiger partial charge in [-0.3, -0.25) is 5.43 Å². The zero-order valence-corrected chi connectivity index (χ0v) is 22.5. The summed E-state index contributed by atoms with van der Waals surface area (Å²) in [5.74, 6) is -0.303. The van der Waals surface area contributed by atoms with Crippen LogP contribution in [0.5, 0.6) is 5.75 Å². The van der Waals surface area contributed by atoms with Gasteiger partial charge in [-0.1, -0.05) is 55.5 Å². The van der Waals surface area contributed by atoms with Crippen LogP contribution in [0.2, 0.25) is 0 Å². The van der Waals surface area contributed by atoms with Crippen LogP contribution in [0.1, 0.15) is 30.5 Å². The van der Waals surface area contributed by atoms with E-state index >= 15 is 0 Å². The molecule has 0 bridgehead atoms. The zero-order chi connectivity index (χ0) is 28.3. The number of para-hydroxylation sites is 1. The van der Waals surface area contributed by atoms with E-state index in [2.05, 4.69) is 62.9 Å². The van der Waals surface area contributed by atoms with Gasteiger partial charge in [0.2, 0.25) is 0 Å². The van der Waals surface area contributed by atoms with Crippen LogP contribution >= 0.6 is 12.2 Å². The van der Waals surface area contributed by atoms with E-state index in [4.69, 9.17) is 12.2 Å². The number of thiocarbonyl (C=S) groups is 1. The molecular weight excluding hydrogens is 537 g/mol. The maximum atomic E-state index is 12.5. The Balaban J connectivity index is 1.31. The molecule has 1 aromatic heterocycles. The molecule has 5 aromatic rings. The molecule has 0 amide bonds. The first-order chi connectivity index (χ1) is 19.3. The smallest absolute Gasteiger partial charge is 0.406 e. The Morgan fingerprint density at radius 2 is 1.73 bits per heavy atom. The van der Waals surface area contributed by atoms with Crippen molar-refractivity contribution in [3.8, 4) is 11.4 Å². The molecule has 2 N–H and O–H groups in total. The van der Waals surface area contributed by atoms with Crippen molar-refractivity contribution in [3.63, 3.8) is 0 Å². The van der Waals surface area contributed by atoms with Crippen molar-refractivity contribution < 1.29 is 17.9 Å². The molecule has 0 fully saturated rings. The monoisotopic (exact) mass is 562 g/mol. The van der Waals surface area contributed by atoms with Gasteiger partial charge in [-0.2, -0.15) is 5.10 Å². The molecule has 0 unspecified atom stereocenters. The predicted octanol–water partition coefficient (Wildman–Crippen LogP) is 6.92. The van der Waals surface area contributed by atoms with Crippen LogP contribution in [-0.2, 0) is 12.8 Å². The van der Waals surface area contributed by atoms with Crippen LogP contribution in [0.15, 0.2) is 77.9 Å². The molecule has 0 saturated carbocycles. The molecule has 7 nitrogen and oxygen atoms in total. The highest BCUT2D eigenvalue weighted by atomic mass is 32.1. The molecule has 0 aliphatic heterocycles. The van der Waals surface area contributed by atoms with Gasteiger partial charge < -0.3 is 10.1 Å². The lowest BCUT2D eigenvalue weighted by Gasteiger charge is -2.15. The first kappa shape index (κ1) is 27.1. The van der Waals surface area contributed by atoms with Crippen molar-refractivity contribution >= 4 is 51.0 Å². The van der Waals surface area contributed by atoms with Gasteiger partial charge in [-0.05, 0) is 83.5 Å². The lowest BCUT2D eigenvalue weighted by atomic mass is 10.0. The summed E-state index contributed by atoms with van der Waals surface area (Å²) in [6.45, 7) is 4.22. The van der Waals surface area contributed by atoms with E-state index in [1.807, 2.05) is 30.3 Å². The van der Waals surface area contributed by atoms with Crippen LogP contribution in [0.4, 0.5) is 18.9 Å². The maximum Gasteiger partial charge on any atom is 0.573 e. The molecule has 0 atom stereocenters. The second-order valence-corrected chi connectivity index (χ2v) is 9.35. The Morgan fingerprint density at radius 1 is 1.00 bits per heavy atom. The van der Waals surface area contributed by atoms with Gasteiger partial charge in [0.15, 0.2) is 5.11 Å². The highest BCUT2D eigenvalue weighted by Gasteiger charge is 2.31. The summed E-state index contributed by atoms with van der Waals surface area (Å²) in [4.78, 5) is 0. The number of hydrogen-bond donors (Lipinski definition) is 2. The van der Waals surface area contributed by atoms with Crippen molar-refractivity contribution in [1.29, 1.82) is 0 Å². The Hall–Kier alpha value is -4.51. The molecule has 0 spiro atoms. The molecule has 4 aromatic carbocycles. The van der Waals surface area contributed by atoms with Crippen molar-refractivity contribution in [2.75, 3.05) is 5.32 Å². The van der Waals surface area contributed by atoms with Crippen LogP contribution in [0.3, 0.4) is 0 Å². The molecular formula is C29H25F3N6OS. The number of fused-ring (bicyclic) bond motifs is 3. The summed E-state index contributed by atoms with van der Waals surface area (Å²) >= 11 is 5.46. The number of benzene rings is 4. The molecule has 40 heavy (non-hydrogen) atoms. The van der Waals surface area contributed by atoms with Gasteiger partial charge in [-0.25, -0.2) is 4.68 Å². The topological polar surface area (TPSA) is 76.4 Å². The van der Waals surface area contributed by atoms with Crippen LogP contribution < -0.4 is 15.5 Å². The Bertz CT molecular complexity index is 1690. The van der Waals surface area contributed by atoms with Crippen molar-refractivity contribution in [3.05, 3.63) is 89.5 Å². The highest BCUT2D eigenvalue weighted by Crippen LogP contribution is 2.28. The third-order valence-electron chi connectivity index (χ3n) is 6.39. The average molecular weight is 563 g/mol. The molecule has 0 aliphatic rings. The number of aromatic nitrogens is 3. The Labute approximate surface area is 233 Å². The summed E-state index contributed by atoms with van der Waals surface area (Å²) in [7, 11) is 0. The number of aryl methyl sites for hydroxylation is 2. The number of alkyl halides is 3. The van der Waals surface area contributed by atoms with Crippen molar-refractivity contribution in [1.82, 2.24) is 20.4 Å². The van der Waals surface area contributed by atoms with E-state index in [9.17, 15) is 13.2 Å². The Kier molecular flexibility index (Phi) is 7.65. The summed E-state index contributed by atoms with van der Waals surface area (Å²) in [5, 5.41) is 18.3. The standard InChI is InChI=1S/C29H25F3N6OS/c1-3-19-6-5-7-20(4-2)26(19)34-28(40)36-33-17-18-8-14-24-21(16-18)9-15-25-27(24)35-37-38(25)22-10-12-23(13-11-22)39-29(30,31)32/h5-17H,3-4H2,1-2H3,(H2,34,36,40). The maximum absolute atomic E-state index is 12.5. The van der Waals surface area contributed by atoms with Gasteiger partial charge >= 0.3 is 6.36 Å². The third-order valence-corrected chi connectivity index (χ3v) is 6.58. The predicted molar refractivity (Wildman–Crippen MR) is 155 cm³/mol. The van der Waals surface area contributed by atoms with Gasteiger partial charge in [-0.15, -0.1) is 18.3 Å². The Morgan fingerprint density at radius 3 is 2.40 bits per heavy atom. The average Bonchev–Trinajstić information content (AvgIpc) is 3.37. The number of hydrazone groups is 1. The fraction of sp³-hybridized carbons (Fsp3) is 0.172. The fourth-order valence-electron chi connectivity index (χ4n) is 4.50. The fourth-order valence-corrected chi connectivity index (χ4v) is 4.66. The van der Waals surface area contributed by atoms with Gasteiger partial charge in [0.05, 0.1) is 17.4 Å². The number of nitrogens with one attached hydrogen (secondary N) is 2. The third kappa shape index (κ3) is 5.89. The van der Waals surface area contributed by atoms with E-state index in [0.717, 1.165) is 40.4 Å². The highest BCUT2D eigenvalue weighted by molar-refractivity contribution is 7.80. The quantitative estimate of drug-likeness (QED) is 0.127. The lowest BCUT2D eigenvalue weighted by Crippen LogP contribution is -2.25. The first-order valence-electron chi connectivity index (χ1n) is 12.6. The summed E-state index contributed by atoms with van der Waals surface area (Å²) in [5.41, 5.74) is 9.10. The van der Waals surface area contributed by atoms with Crippen molar-refractivity contribution in [2.24, 2.45) is 5.10 Å². The van der Waals surface area contributed by atoms with E-state index < -0.39 is 6.36 Å². The van der Waals surface area contributed by atoms with Gasteiger partial charge in [0.25, 0.3) is 0 Å². The summed E-state index contributed by atoms with van der Waals surface area (Å²) < 4.78 is 42.9. The number of hydrogen-bond acceptors (Lipinski definition) is 5. The molecule has 204 valence electrons. The van der Waals surface area contributed by atoms with E-state index in [-0.39, 0.29) is 5.75 Å². The number of halogens is 3. The molecule has 1 heterocycles.